The third kappa shape index (κ3) is 5.16. The molecule has 21 heavy (non-hydrogen) atoms. The van der Waals surface area contributed by atoms with Crippen LogP contribution in [0.2, 0.25) is 0 Å². The van der Waals surface area contributed by atoms with Crippen molar-refractivity contribution in [1.82, 2.24) is 10.0 Å². The molecule has 1 amide bonds. The van der Waals surface area contributed by atoms with Crippen LogP contribution in [-0.2, 0) is 19.6 Å². The standard InChI is InChI=1S/C13H18N2O5S/c1-3-15-21(18,19)11-7-5-10(6-8-11)13(17)14-9-12(16)20-4-2/h5-8,15H,3-4,9H2,1-2H3,(H,14,17). The molecule has 0 saturated carbocycles. The predicted octanol–water partition coefficient (Wildman–Crippen LogP) is 0.278. The van der Waals surface area contributed by atoms with Crippen LogP contribution in [0, 0.1) is 0 Å². The molecule has 0 aromatic heterocycles. The van der Waals surface area contributed by atoms with Gasteiger partial charge >= 0.3 is 5.97 Å². The van der Waals surface area contributed by atoms with Crippen LogP contribution in [0.1, 0.15) is 24.2 Å². The number of sulfonamides is 1. The Bertz CT molecular complexity index is 595. The van der Waals surface area contributed by atoms with Crippen molar-refractivity contribution in [3.63, 3.8) is 0 Å². The number of nitrogens with one attached hydrogen (secondary N) is 2. The maximum Gasteiger partial charge on any atom is 0.325 e. The summed E-state index contributed by atoms with van der Waals surface area (Å²) in [5, 5.41) is 2.39. The van der Waals surface area contributed by atoms with E-state index in [0.29, 0.717) is 0 Å². The lowest BCUT2D eigenvalue weighted by Gasteiger charge is -2.07. The van der Waals surface area contributed by atoms with Gasteiger partial charge in [0.15, 0.2) is 0 Å². The smallest absolute Gasteiger partial charge is 0.325 e. The topological polar surface area (TPSA) is 102 Å². The average molecular weight is 314 g/mol. The molecule has 0 spiro atoms. The number of carbonyl (C=O) groups excluding carboxylic acids is 2. The summed E-state index contributed by atoms with van der Waals surface area (Å²) in [4.78, 5) is 22.9. The Labute approximate surface area is 123 Å². The molecule has 1 aromatic rings. The Kier molecular flexibility index (Phi) is 6.32. The highest BCUT2D eigenvalue weighted by Gasteiger charge is 2.14. The summed E-state index contributed by atoms with van der Waals surface area (Å²) >= 11 is 0. The van der Waals surface area contributed by atoms with E-state index >= 15 is 0 Å². The highest BCUT2D eigenvalue weighted by atomic mass is 32.2. The molecule has 0 aliphatic rings. The molecule has 0 saturated heterocycles. The summed E-state index contributed by atoms with van der Waals surface area (Å²) in [7, 11) is -3.54. The molecule has 0 radical (unpaired) electrons. The van der Waals surface area contributed by atoms with E-state index in [0.717, 1.165) is 0 Å². The lowest BCUT2D eigenvalue weighted by Crippen LogP contribution is -2.30. The molecular formula is C13H18N2O5S. The SMILES string of the molecule is CCNS(=O)(=O)c1ccc(C(=O)NCC(=O)OCC)cc1. The first kappa shape index (κ1) is 17.1. The molecule has 0 aliphatic heterocycles. The first-order valence-electron chi connectivity index (χ1n) is 6.44. The largest absolute Gasteiger partial charge is 0.465 e. The molecule has 0 bridgehead atoms. The summed E-state index contributed by atoms with van der Waals surface area (Å²) < 4.78 is 30.5. The van der Waals surface area contributed by atoms with Crippen LogP contribution in [0.5, 0.6) is 0 Å². The van der Waals surface area contributed by atoms with E-state index < -0.39 is 21.9 Å². The Balaban J connectivity index is 2.70. The van der Waals surface area contributed by atoms with Crippen molar-refractivity contribution in [1.29, 1.82) is 0 Å². The zero-order valence-corrected chi connectivity index (χ0v) is 12.7. The fourth-order valence-electron chi connectivity index (χ4n) is 1.53. The second kappa shape index (κ2) is 7.75. The molecule has 0 fully saturated rings. The summed E-state index contributed by atoms with van der Waals surface area (Å²) in [6.07, 6.45) is 0. The van der Waals surface area contributed by atoms with Gasteiger partial charge in [-0.05, 0) is 31.2 Å². The second-order valence-electron chi connectivity index (χ2n) is 4.01. The van der Waals surface area contributed by atoms with Crippen molar-refractivity contribution in [2.45, 2.75) is 18.7 Å². The minimum Gasteiger partial charge on any atom is -0.465 e. The van der Waals surface area contributed by atoms with E-state index in [9.17, 15) is 18.0 Å². The highest BCUT2D eigenvalue weighted by Crippen LogP contribution is 2.10. The zero-order chi connectivity index (χ0) is 15.9. The number of rotatable bonds is 7. The number of hydrogen-bond acceptors (Lipinski definition) is 5. The molecule has 0 aliphatic carbocycles. The monoisotopic (exact) mass is 314 g/mol. The van der Waals surface area contributed by atoms with Crippen molar-refractivity contribution in [3.8, 4) is 0 Å². The Hall–Kier alpha value is -1.93. The molecule has 7 nitrogen and oxygen atoms in total. The van der Waals surface area contributed by atoms with E-state index in [1.54, 1.807) is 13.8 Å². The number of carbonyl (C=O) groups is 2. The van der Waals surface area contributed by atoms with Gasteiger partial charge in [0.1, 0.15) is 6.54 Å². The molecule has 116 valence electrons. The van der Waals surface area contributed by atoms with Crippen LogP contribution in [0.15, 0.2) is 29.2 Å². The summed E-state index contributed by atoms with van der Waals surface area (Å²) in [6, 6.07) is 5.42. The second-order valence-corrected chi connectivity index (χ2v) is 5.78. The van der Waals surface area contributed by atoms with Gasteiger partial charge in [0, 0.05) is 12.1 Å². The van der Waals surface area contributed by atoms with Crippen LogP contribution < -0.4 is 10.0 Å². The van der Waals surface area contributed by atoms with Crippen molar-refractivity contribution >= 4 is 21.9 Å². The van der Waals surface area contributed by atoms with Crippen LogP contribution in [0.4, 0.5) is 0 Å². The minimum atomic E-state index is -3.54. The molecule has 8 heteroatoms. The molecule has 0 heterocycles. The van der Waals surface area contributed by atoms with Crippen LogP contribution in [0.25, 0.3) is 0 Å². The fourth-order valence-corrected chi connectivity index (χ4v) is 2.57. The predicted molar refractivity (Wildman–Crippen MR) is 76.3 cm³/mol. The molecular weight excluding hydrogens is 296 g/mol. The van der Waals surface area contributed by atoms with Gasteiger partial charge in [0.2, 0.25) is 10.0 Å². The molecule has 0 atom stereocenters. The van der Waals surface area contributed by atoms with Crippen molar-refractivity contribution in [2.24, 2.45) is 0 Å². The van der Waals surface area contributed by atoms with Gasteiger partial charge in [-0.25, -0.2) is 13.1 Å². The van der Waals surface area contributed by atoms with Crippen LogP contribution in [-0.4, -0.2) is 40.0 Å². The number of benzene rings is 1. The normalized spacial score (nSPS) is 11.0. The number of amides is 1. The van der Waals surface area contributed by atoms with Crippen LogP contribution in [0.3, 0.4) is 0 Å². The molecule has 1 rings (SSSR count). The average Bonchev–Trinajstić information content (AvgIpc) is 2.45. The summed E-state index contributed by atoms with van der Waals surface area (Å²) in [5.41, 5.74) is 0.259. The number of hydrogen-bond donors (Lipinski definition) is 2. The zero-order valence-electron chi connectivity index (χ0n) is 11.9. The van der Waals surface area contributed by atoms with E-state index in [2.05, 4.69) is 14.8 Å². The third-order valence-electron chi connectivity index (χ3n) is 2.46. The third-order valence-corrected chi connectivity index (χ3v) is 4.02. The molecule has 0 unspecified atom stereocenters. The van der Waals surface area contributed by atoms with Crippen molar-refractivity contribution in [2.75, 3.05) is 19.7 Å². The minimum absolute atomic E-state index is 0.0753. The van der Waals surface area contributed by atoms with Crippen LogP contribution >= 0.6 is 0 Å². The van der Waals surface area contributed by atoms with Gasteiger partial charge < -0.3 is 10.1 Å². The first-order chi connectivity index (χ1) is 9.90. The van der Waals surface area contributed by atoms with Gasteiger partial charge in [-0.3, -0.25) is 9.59 Å². The van der Waals surface area contributed by atoms with Gasteiger partial charge in [-0.15, -0.1) is 0 Å². The van der Waals surface area contributed by atoms with Crippen molar-refractivity contribution < 1.29 is 22.7 Å². The summed E-state index contributed by atoms with van der Waals surface area (Å²) in [6.45, 7) is 3.64. The molecule has 2 N–H and O–H groups in total. The first-order valence-corrected chi connectivity index (χ1v) is 7.92. The lowest BCUT2D eigenvalue weighted by atomic mass is 10.2. The maximum absolute atomic E-state index is 11.8. The maximum atomic E-state index is 11.8. The van der Waals surface area contributed by atoms with Gasteiger partial charge in [-0.2, -0.15) is 0 Å². The lowest BCUT2D eigenvalue weighted by molar-refractivity contribution is -0.141. The van der Waals surface area contributed by atoms with E-state index in [-0.39, 0.29) is 30.2 Å². The van der Waals surface area contributed by atoms with Gasteiger partial charge in [0.05, 0.1) is 11.5 Å². The molecule has 1 aromatic carbocycles. The van der Waals surface area contributed by atoms with E-state index in [1.165, 1.54) is 24.3 Å². The Morgan fingerprint density at radius 2 is 1.76 bits per heavy atom. The summed E-state index contributed by atoms with van der Waals surface area (Å²) in [5.74, 6) is -1.01. The number of esters is 1. The van der Waals surface area contributed by atoms with E-state index in [1.807, 2.05) is 0 Å². The Morgan fingerprint density at radius 3 is 2.29 bits per heavy atom. The Morgan fingerprint density at radius 1 is 1.14 bits per heavy atom. The van der Waals surface area contributed by atoms with Gasteiger partial charge in [-0.1, -0.05) is 6.92 Å². The van der Waals surface area contributed by atoms with Gasteiger partial charge in [0.25, 0.3) is 5.91 Å². The quantitative estimate of drug-likeness (QED) is 0.704. The highest BCUT2D eigenvalue weighted by molar-refractivity contribution is 7.89. The van der Waals surface area contributed by atoms with Crippen molar-refractivity contribution in [3.05, 3.63) is 29.8 Å². The van der Waals surface area contributed by atoms with E-state index in [4.69, 9.17) is 0 Å². The fraction of sp³-hybridized carbons (Fsp3) is 0.385. The number of ether oxygens (including phenoxy) is 1.